The largest absolute Gasteiger partial charge is 0.496 e. The van der Waals surface area contributed by atoms with Crippen LogP contribution >= 0.6 is 24.8 Å². The number of aromatic nitrogens is 4. The number of rotatable bonds is 4. The van der Waals surface area contributed by atoms with Crippen molar-refractivity contribution in [2.75, 3.05) is 13.7 Å². The SMILES string of the molecule is COc1cccc2c1CC[C@H]1CNC(CCn3c(=O)[nH]c4c([nH]c5ncccc54)c3=O)[C@@H]21.Cl.Cl. The van der Waals surface area contributed by atoms with Crippen LogP contribution in [0.1, 0.15) is 29.9 Å². The maximum Gasteiger partial charge on any atom is 0.328 e. The number of hydrogen-bond donors (Lipinski definition) is 3. The van der Waals surface area contributed by atoms with Crippen molar-refractivity contribution in [2.45, 2.75) is 37.8 Å². The Labute approximate surface area is 207 Å². The molecule has 1 unspecified atom stereocenters. The van der Waals surface area contributed by atoms with Crippen LogP contribution in [0.2, 0.25) is 0 Å². The van der Waals surface area contributed by atoms with Gasteiger partial charge in [-0.15, -0.1) is 24.8 Å². The number of fused-ring (bicyclic) bond motifs is 6. The van der Waals surface area contributed by atoms with Crippen LogP contribution in [0.5, 0.6) is 5.75 Å². The van der Waals surface area contributed by atoms with Crippen LogP contribution in [0, 0.1) is 5.92 Å². The highest BCUT2D eigenvalue weighted by atomic mass is 35.5. The highest BCUT2D eigenvalue weighted by Crippen LogP contribution is 2.45. The summed E-state index contributed by atoms with van der Waals surface area (Å²) in [7, 11) is 1.72. The maximum absolute atomic E-state index is 13.1. The molecule has 4 aromatic rings. The second-order valence-electron chi connectivity index (χ2n) is 8.82. The number of aromatic amines is 2. The molecular formula is C24H27Cl2N5O3. The van der Waals surface area contributed by atoms with Gasteiger partial charge >= 0.3 is 5.69 Å². The summed E-state index contributed by atoms with van der Waals surface area (Å²) >= 11 is 0. The molecule has 0 spiro atoms. The van der Waals surface area contributed by atoms with E-state index in [-0.39, 0.29) is 42.1 Å². The van der Waals surface area contributed by atoms with Gasteiger partial charge in [0.25, 0.3) is 5.56 Å². The Bertz CT molecular complexity index is 1460. The quantitative estimate of drug-likeness (QED) is 0.396. The Morgan fingerprint density at radius 3 is 2.79 bits per heavy atom. The van der Waals surface area contributed by atoms with Gasteiger partial charge in [0.1, 0.15) is 16.9 Å². The van der Waals surface area contributed by atoms with Crippen molar-refractivity contribution in [3.63, 3.8) is 0 Å². The van der Waals surface area contributed by atoms with Gasteiger partial charge in [-0.3, -0.25) is 9.36 Å². The van der Waals surface area contributed by atoms with Crippen molar-refractivity contribution in [1.82, 2.24) is 24.8 Å². The van der Waals surface area contributed by atoms with Gasteiger partial charge in [0.15, 0.2) is 0 Å². The summed E-state index contributed by atoms with van der Waals surface area (Å²) in [4.78, 5) is 36.2. The zero-order valence-electron chi connectivity index (χ0n) is 18.7. The Hall–Kier alpha value is -2.81. The van der Waals surface area contributed by atoms with Crippen molar-refractivity contribution in [3.8, 4) is 5.75 Å². The predicted molar refractivity (Wildman–Crippen MR) is 137 cm³/mol. The van der Waals surface area contributed by atoms with Crippen molar-refractivity contribution in [2.24, 2.45) is 5.92 Å². The van der Waals surface area contributed by atoms with E-state index in [1.165, 1.54) is 15.7 Å². The first-order chi connectivity index (χ1) is 15.7. The summed E-state index contributed by atoms with van der Waals surface area (Å²) in [5.41, 5.74) is 3.46. The molecule has 1 fully saturated rings. The molecule has 3 aromatic heterocycles. The van der Waals surface area contributed by atoms with Gasteiger partial charge in [0.05, 0.1) is 12.6 Å². The first-order valence-electron chi connectivity index (χ1n) is 11.1. The minimum Gasteiger partial charge on any atom is -0.496 e. The second kappa shape index (κ2) is 9.44. The van der Waals surface area contributed by atoms with Crippen LogP contribution in [0.15, 0.2) is 46.1 Å². The highest BCUT2D eigenvalue weighted by Gasteiger charge is 2.40. The van der Waals surface area contributed by atoms with Crippen molar-refractivity contribution in [3.05, 3.63) is 68.5 Å². The molecule has 0 amide bonds. The fourth-order valence-corrected chi connectivity index (χ4v) is 5.79. The lowest BCUT2D eigenvalue weighted by molar-refractivity contribution is 0.371. The molecule has 2 aliphatic rings. The lowest BCUT2D eigenvalue weighted by atomic mass is 9.73. The molecule has 0 saturated carbocycles. The smallest absolute Gasteiger partial charge is 0.328 e. The summed E-state index contributed by atoms with van der Waals surface area (Å²) in [6.07, 6.45) is 4.51. The fraction of sp³-hybridized carbons (Fsp3) is 0.375. The number of benzene rings is 1. The molecule has 34 heavy (non-hydrogen) atoms. The van der Waals surface area contributed by atoms with Gasteiger partial charge in [0.2, 0.25) is 0 Å². The molecule has 4 heterocycles. The fourth-order valence-electron chi connectivity index (χ4n) is 5.79. The zero-order chi connectivity index (χ0) is 21.8. The Morgan fingerprint density at radius 1 is 1.12 bits per heavy atom. The van der Waals surface area contributed by atoms with Gasteiger partial charge in [-0.05, 0) is 61.1 Å². The molecule has 1 aliphatic heterocycles. The van der Waals surface area contributed by atoms with Gasteiger partial charge in [-0.2, -0.15) is 0 Å². The first-order valence-corrected chi connectivity index (χ1v) is 11.1. The molecule has 180 valence electrons. The average Bonchev–Trinajstić information content (AvgIpc) is 3.40. The van der Waals surface area contributed by atoms with E-state index in [1.807, 2.05) is 12.1 Å². The number of nitrogens with zero attached hydrogens (tertiary/aromatic N) is 2. The number of ether oxygens (including phenoxy) is 1. The van der Waals surface area contributed by atoms with Crippen LogP contribution in [0.3, 0.4) is 0 Å². The van der Waals surface area contributed by atoms with E-state index < -0.39 is 0 Å². The van der Waals surface area contributed by atoms with Crippen LogP contribution in [-0.4, -0.2) is 39.2 Å². The average molecular weight is 504 g/mol. The molecule has 1 saturated heterocycles. The van der Waals surface area contributed by atoms with Crippen molar-refractivity contribution in [1.29, 1.82) is 0 Å². The number of methoxy groups -OCH3 is 1. The van der Waals surface area contributed by atoms with Crippen LogP contribution in [0.4, 0.5) is 0 Å². The zero-order valence-corrected chi connectivity index (χ0v) is 20.3. The minimum atomic E-state index is -0.382. The standard InChI is InChI=1S/C24H25N5O3.2ClH/c1-32-18-6-2-4-15-14(18)8-7-13-12-26-17(19(13)15)9-11-29-23(30)21-20(28-24(29)31)16-5-3-10-25-22(16)27-21;;/h2-6,10,13,17,19,26H,7-9,11-12H2,1H3,(H,25,27)(H,28,31);2*1H/t13-,17?,19+;;/m0../s1. The third kappa shape index (κ3) is 3.70. The van der Waals surface area contributed by atoms with E-state index in [9.17, 15) is 9.59 Å². The lowest BCUT2D eigenvalue weighted by Gasteiger charge is -2.32. The Morgan fingerprint density at radius 2 is 1.97 bits per heavy atom. The molecule has 6 rings (SSSR count). The first kappa shape index (κ1) is 24.3. The second-order valence-corrected chi connectivity index (χ2v) is 8.82. The normalized spacial score (nSPS) is 20.9. The monoisotopic (exact) mass is 503 g/mol. The molecular weight excluding hydrogens is 477 g/mol. The summed E-state index contributed by atoms with van der Waals surface area (Å²) in [6.45, 7) is 1.32. The number of halogens is 2. The van der Waals surface area contributed by atoms with E-state index >= 15 is 0 Å². The molecule has 1 aliphatic carbocycles. The van der Waals surface area contributed by atoms with Gasteiger partial charge < -0.3 is 20.0 Å². The van der Waals surface area contributed by atoms with Gasteiger partial charge in [0, 0.05) is 30.1 Å². The van der Waals surface area contributed by atoms with Crippen LogP contribution < -0.4 is 21.3 Å². The number of nitrogens with one attached hydrogen (secondary N) is 3. The summed E-state index contributed by atoms with van der Waals surface area (Å²) in [6, 6.07) is 10.1. The van der Waals surface area contributed by atoms with Crippen molar-refractivity contribution < 1.29 is 4.74 Å². The lowest BCUT2D eigenvalue weighted by Crippen LogP contribution is -2.38. The molecule has 1 aromatic carbocycles. The molecule has 8 nitrogen and oxygen atoms in total. The van der Waals surface area contributed by atoms with Crippen LogP contribution in [-0.2, 0) is 13.0 Å². The minimum absolute atomic E-state index is 0. The van der Waals surface area contributed by atoms with E-state index in [0.717, 1.165) is 30.5 Å². The third-order valence-corrected chi connectivity index (χ3v) is 7.27. The van der Waals surface area contributed by atoms with E-state index in [2.05, 4.69) is 32.4 Å². The number of hydrogen-bond acceptors (Lipinski definition) is 5. The van der Waals surface area contributed by atoms with E-state index in [4.69, 9.17) is 4.74 Å². The molecule has 0 bridgehead atoms. The maximum atomic E-state index is 13.1. The molecule has 3 N–H and O–H groups in total. The van der Waals surface area contributed by atoms with Crippen molar-refractivity contribution >= 4 is 46.9 Å². The highest BCUT2D eigenvalue weighted by molar-refractivity contribution is 6.02. The Balaban J connectivity index is 0.00000137. The Kier molecular flexibility index (Phi) is 6.75. The third-order valence-electron chi connectivity index (χ3n) is 7.27. The van der Waals surface area contributed by atoms with Gasteiger partial charge in [-0.25, -0.2) is 9.78 Å². The van der Waals surface area contributed by atoms with Crippen LogP contribution in [0.25, 0.3) is 22.1 Å². The summed E-state index contributed by atoms with van der Waals surface area (Å²) in [5.74, 6) is 1.89. The summed E-state index contributed by atoms with van der Waals surface area (Å²) < 4.78 is 6.91. The predicted octanol–water partition coefficient (Wildman–Crippen LogP) is 3.13. The van der Waals surface area contributed by atoms with Gasteiger partial charge in [-0.1, -0.05) is 12.1 Å². The topological polar surface area (TPSA) is 105 Å². The number of H-pyrrole nitrogens is 2. The van der Waals surface area contributed by atoms with E-state index in [1.54, 1.807) is 19.4 Å². The molecule has 0 radical (unpaired) electrons. The number of pyridine rings is 1. The van der Waals surface area contributed by atoms with E-state index in [0.29, 0.717) is 41.5 Å². The molecule has 3 atom stereocenters. The molecule has 10 heteroatoms. The summed E-state index contributed by atoms with van der Waals surface area (Å²) in [5, 5.41) is 4.41.